The van der Waals surface area contributed by atoms with Crippen LogP contribution in [0.1, 0.15) is 0 Å². The van der Waals surface area contributed by atoms with Crippen molar-refractivity contribution in [3.05, 3.63) is 0 Å². The molecule has 0 aromatic heterocycles. The van der Waals surface area contributed by atoms with Crippen LogP contribution in [-0.2, 0) is 0 Å². The van der Waals surface area contributed by atoms with E-state index < -0.39 is 0 Å². The second-order valence-corrected chi connectivity index (χ2v) is 0. The fraction of sp³-hybridized carbons (Fsp3) is 1.00. The van der Waals surface area contributed by atoms with E-state index in [1.54, 1.807) is 21.1 Å². The van der Waals surface area contributed by atoms with Crippen LogP contribution in [0.25, 0.3) is 0 Å². The summed E-state index contributed by atoms with van der Waals surface area (Å²) in [5.74, 6) is 0. The number of hydrogen-bond acceptors (Lipinski definition) is 0. The summed E-state index contributed by atoms with van der Waals surface area (Å²) in [7, 11) is 5.25. The van der Waals surface area contributed by atoms with Gasteiger partial charge in [-0.15, -0.1) is 0 Å². The summed E-state index contributed by atoms with van der Waals surface area (Å²) in [6.07, 6.45) is 0. The van der Waals surface area contributed by atoms with E-state index in [9.17, 15) is 0 Å². The fourth-order valence-electron chi connectivity index (χ4n) is 0. The fourth-order valence-corrected chi connectivity index (χ4v) is 0. The summed E-state index contributed by atoms with van der Waals surface area (Å²) < 4.78 is 0. The van der Waals surface area contributed by atoms with Crippen molar-refractivity contribution in [3.63, 3.8) is 0 Å². The molecule has 0 aliphatic rings. The number of halogens is 3. The third kappa shape index (κ3) is 129. The van der Waals surface area contributed by atoms with Crippen molar-refractivity contribution in [2.75, 3.05) is 21.1 Å². The first-order valence-electron chi connectivity index (χ1n) is 2.12. The molecule has 74 valence electrons. The summed E-state index contributed by atoms with van der Waals surface area (Å²) in [4.78, 5) is 0. The van der Waals surface area contributed by atoms with Gasteiger partial charge in [-0.05, 0) is 0 Å². The zero-order chi connectivity index (χ0) is 6.00. The molecule has 0 spiro atoms. The molecule has 7 heteroatoms. The quantitative estimate of drug-likeness (QED) is 0.183. The maximum atomic E-state index is 3.25. The summed E-state index contributed by atoms with van der Waals surface area (Å²) in [5, 5.41) is 0. The van der Waals surface area contributed by atoms with Gasteiger partial charge in [-0.2, -0.15) is 0 Å². The zero-order valence-corrected chi connectivity index (χ0v) is 12.7. The minimum absolute atomic E-state index is 0. The molecule has 0 amide bonds. The van der Waals surface area contributed by atoms with Gasteiger partial charge >= 0.3 is 23.9 Å². The molecule has 0 saturated heterocycles. The third-order valence-corrected chi connectivity index (χ3v) is 0. The van der Waals surface area contributed by atoms with Crippen LogP contribution >= 0.6 is 0 Å². The molecule has 0 aliphatic heterocycles. The molecule has 0 bridgehead atoms. The molecule has 0 radical (unpaired) electrons. The summed E-state index contributed by atoms with van der Waals surface area (Å²) in [6.45, 7) is 0. The Labute approximate surface area is 132 Å². The second kappa shape index (κ2) is 170. The molecule has 10 heavy (non-hydrogen) atoms. The Morgan fingerprint density at radius 2 is 0.500 bits per heavy atom. The van der Waals surface area contributed by atoms with Crippen LogP contribution in [0.2, 0.25) is 0 Å². The van der Waals surface area contributed by atoms with Crippen molar-refractivity contribution in [2.45, 2.75) is 0 Å². The van der Waals surface area contributed by atoms with E-state index >= 15 is 0 Å². The van der Waals surface area contributed by atoms with E-state index in [2.05, 4.69) is 17.2 Å². The van der Waals surface area contributed by atoms with Crippen molar-refractivity contribution in [3.8, 4) is 0 Å². The minimum atomic E-state index is 0. The van der Waals surface area contributed by atoms with E-state index in [0.29, 0.717) is 0 Å². The van der Waals surface area contributed by atoms with Crippen LogP contribution in [0, 0.1) is 0 Å². The molecule has 0 atom stereocenters. The monoisotopic (exact) mass is 601 g/mol. The molecular formula is C3H22I3N3Sn. The first-order chi connectivity index (χ1) is 3.00. The first-order valence-corrected chi connectivity index (χ1v) is 2.12. The van der Waals surface area contributed by atoms with Crippen molar-refractivity contribution in [1.82, 2.24) is 0 Å². The van der Waals surface area contributed by atoms with Crippen molar-refractivity contribution >= 4 is 23.9 Å². The molecule has 3 nitrogen and oxygen atoms in total. The molecule has 9 N–H and O–H groups in total. The second-order valence-electron chi connectivity index (χ2n) is 0. The van der Waals surface area contributed by atoms with Gasteiger partial charge in [0.1, 0.15) is 0 Å². The average molecular weight is 600 g/mol. The summed E-state index contributed by atoms with van der Waals surface area (Å²) in [5.41, 5.74) is 9.75. The Kier molecular flexibility index (Phi) is 897. The molecule has 0 heterocycles. The topological polar surface area (TPSA) is 82.9 Å². The first kappa shape index (κ1) is 52.6. The molecule has 0 saturated carbocycles. The van der Waals surface area contributed by atoms with Gasteiger partial charge in [0, 0.05) is 0 Å². The molecule has 0 aromatic carbocycles. The Balaban J connectivity index is -0.00000000225. The predicted molar refractivity (Wildman–Crippen MR) is 37.8 cm³/mol. The Morgan fingerprint density at radius 1 is 0.500 bits per heavy atom. The number of hydrogen-bond donors (Lipinski definition) is 3. The van der Waals surface area contributed by atoms with Gasteiger partial charge in [0.15, 0.2) is 0 Å². The van der Waals surface area contributed by atoms with Crippen LogP contribution in [0.15, 0.2) is 0 Å². The predicted octanol–water partition coefficient (Wildman–Crippen LogP) is -13.9. The van der Waals surface area contributed by atoms with Crippen molar-refractivity contribution in [2.24, 2.45) is 0 Å². The van der Waals surface area contributed by atoms with Gasteiger partial charge in [0.25, 0.3) is 0 Å². The van der Waals surface area contributed by atoms with Crippen LogP contribution in [0.4, 0.5) is 0 Å². The van der Waals surface area contributed by atoms with Gasteiger partial charge in [-0.1, -0.05) is 0 Å². The maximum absolute atomic E-state index is 3.25. The van der Waals surface area contributed by atoms with Gasteiger partial charge in [-0.25, -0.2) is 0 Å². The zero-order valence-electron chi connectivity index (χ0n) is 6.26. The SMILES string of the molecule is C[NH3+].C[NH3+].C[NH3+].[I-].[I-].[I-].[SnH4]. The normalized spacial score (nSPS) is 1.80. The molecule has 0 aromatic rings. The molecule has 0 aliphatic carbocycles. The van der Waals surface area contributed by atoms with Gasteiger partial charge < -0.3 is 89.1 Å². The third-order valence-electron chi connectivity index (χ3n) is 0. The number of quaternary nitrogens is 3. The molecular weight excluding hydrogens is 577 g/mol. The average Bonchev–Trinajstić information content (AvgIpc) is 1.81. The van der Waals surface area contributed by atoms with E-state index in [1.165, 1.54) is 0 Å². The van der Waals surface area contributed by atoms with E-state index in [1.807, 2.05) is 0 Å². The van der Waals surface area contributed by atoms with E-state index in [0.717, 1.165) is 0 Å². The van der Waals surface area contributed by atoms with Gasteiger partial charge in [0.2, 0.25) is 0 Å². The van der Waals surface area contributed by atoms with Gasteiger partial charge in [0.05, 0.1) is 21.1 Å². The number of rotatable bonds is 0. The van der Waals surface area contributed by atoms with Crippen LogP contribution in [-0.4, -0.2) is 45.1 Å². The van der Waals surface area contributed by atoms with E-state index in [-0.39, 0.29) is 95.8 Å². The van der Waals surface area contributed by atoms with Crippen LogP contribution < -0.4 is 89.1 Å². The summed E-state index contributed by atoms with van der Waals surface area (Å²) in [6, 6.07) is 0. The molecule has 0 fully saturated rings. The Hall–Kier alpha value is 2.87. The summed E-state index contributed by atoms with van der Waals surface area (Å²) >= 11 is 0. The van der Waals surface area contributed by atoms with Crippen LogP contribution in [0.5, 0.6) is 0 Å². The van der Waals surface area contributed by atoms with Crippen molar-refractivity contribution in [1.29, 1.82) is 0 Å². The van der Waals surface area contributed by atoms with Crippen molar-refractivity contribution < 1.29 is 89.1 Å². The standard InChI is InChI=1S/3CH5N.3HI.Sn.4H/c3*1-2;;;;;;;;/h3*2H2,1H3;3*1H;;;;;. The Morgan fingerprint density at radius 3 is 0.500 bits per heavy atom. The molecule has 0 rings (SSSR count). The Bertz CT molecular complexity index is 19.0. The van der Waals surface area contributed by atoms with Crippen LogP contribution in [0.3, 0.4) is 0 Å². The van der Waals surface area contributed by atoms with E-state index in [4.69, 9.17) is 0 Å². The molecule has 0 unspecified atom stereocenters. The van der Waals surface area contributed by atoms with Gasteiger partial charge in [-0.3, -0.25) is 0 Å².